The number of rotatable bonds is 6. The molecule has 2 aromatic heterocycles. The molecule has 34 heavy (non-hydrogen) atoms. The van der Waals surface area contributed by atoms with Crippen molar-refractivity contribution in [3.05, 3.63) is 89.1 Å². The van der Waals surface area contributed by atoms with E-state index in [-0.39, 0.29) is 18.0 Å². The first-order chi connectivity index (χ1) is 16.4. The van der Waals surface area contributed by atoms with Gasteiger partial charge < -0.3 is 10.1 Å². The van der Waals surface area contributed by atoms with Crippen LogP contribution in [0.3, 0.4) is 0 Å². The van der Waals surface area contributed by atoms with Crippen LogP contribution in [0.1, 0.15) is 23.1 Å². The van der Waals surface area contributed by atoms with Gasteiger partial charge in [0.15, 0.2) is 5.13 Å². The average molecular weight is 480 g/mol. The Kier molecular flexibility index (Phi) is 7.14. The SMILES string of the molecule is Cc1ccc(C#CCCOc2ccc(Nc3nc(-c4cccnc4)cs3)cc2C(F)(F)F)cc1. The zero-order chi connectivity index (χ0) is 24.0. The van der Waals surface area contributed by atoms with Crippen molar-refractivity contribution >= 4 is 22.2 Å². The molecule has 0 aliphatic carbocycles. The van der Waals surface area contributed by atoms with Gasteiger partial charge in [-0.3, -0.25) is 4.98 Å². The van der Waals surface area contributed by atoms with Crippen LogP contribution in [0.25, 0.3) is 11.3 Å². The van der Waals surface area contributed by atoms with Crippen molar-refractivity contribution in [3.63, 3.8) is 0 Å². The van der Waals surface area contributed by atoms with Gasteiger partial charge in [-0.1, -0.05) is 29.5 Å². The number of aryl methyl sites for hydroxylation is 1. The lowest BCUT2D eigenvalue weighted by atomic mass is 10.1. The van der Waals surface area contributed by atoms with Crippen LogP contribution in [0.4, 0.5) is 24.0 Å². The molecule has 0 bridgehead atoms. The Hall–Kier alpha value is -3.83. The third-order valence-electron chi connectivity index (χ3n) is 4.77. The lowest BCUT2D eigenvalue weighted by Crippen LogP contribution is -2.10. The van der Waals surface area contributed by atoms with Crippen LogP contribution in [-0.2, 0) is 6.18 Å². The molecule has 4 rings (SSSR count). The highest BCUT2D eigenvalue weighted by atomic mass is 32.1. The van der Waals surface area contributed by atoms with Gasteiger partial charge in [0, 0.05) is 41.0 Å². The number of aromatic nitrogens is 2. The third-order valence-corrected chi connectivity index (χ3v) is 5.52. The normalized spacial score (nSPS) is 10.9. The maximum Gasteiger partial charge on any atom is 0.420 e. The molecule has 8 heteroatoms. The highest BCUT2D eigenvalue weighted by Crippen LogP contribution is 2.39. The summed E-state index contributed by atoms with van der Waals surface area (Å²) in [4.78, 5) is 8.48. The van der Waals surface area contributed by atoms with E-state index in [2.05, 4.69) is 27.1 Å². The Morgan fingerprint density at radius 2 is 1.91 bits per heavy atom. The van der Waals surface area contributed by atoms with Gasteiger partial charge in [-0.25, -0.2) is 4.98 Å². The average Bonchev–Trinajstić information content (AvgIpc) is 3.29. The molecule has 0 spiro atoms. The fraction of sp³-hybridized carbons (Fsp3) is 0.154. The van der Waals surface area contributed by atoms with Gasteiger partial charge in [-0.2, -0.15) is 13.2 Å². The van der Waals surface area contributed by atoms with E-state index in [0.29, 0.717) is 17.2 Å². The van der Waals surface area contributed by atoms with E-state index >= 15 is 0 Å². The first-order valence-electron chi connectivity index (χ1n) is 10.4. The molecular weight excluding hydrogens is 459 g/mol. The summed E-state index contributed by atoms with van der Waals surface area (Å²) < 4.78 is 46.4. The van der Waals surface area contributed by atoms with Crippen molar-refractivity contribution in [1.82, 2.24) is 9.97 Å². The number of hydrogen-bond donors (Lipinski definition) is 1. The molecule has 0 amide bonds. The van der Waals surface area contributed by atoms with Gasteiger partial charge in [0.2, 0.25) is 0 Å². The molecule has 0 atom stereocenters. The molecule has 0 aliphatic heterocycles. The van der Waals surface area contributed by atoms with E-state index in [4.69, 9.17) is 4.74 Å². The predicted molar refractivity (Wildman–Crippen MR) is 128 cm³/mol. The van der Waals surface area contributed by atoms with Gasteiger partial charge in [-0.15, -0.1) is 11.3 Å². The Bertz CT molecular complexity index is 1310. The number of nitrogens with one attached hydrogen (secondary N) is 1. The predicted octanol–water partition coefficient (Wildman–Crippen LogP) is 7.10. The molecule has 0 radical (unpaired) electrons. The largest absolute Gasteiger partial charge is 0.492 e. The molecule has 4 nitrogen and oxygen atoms in total. The van der Waals surface area contributed by atoms with Crippen LogP contribution in [0.15, 0.2) is 72.4 Å². The monoisotopic (exact) mass is 479 g/mol. The van der Waals surface area contributed by atoms with Crippen LogP contribution in [0.2, 0.25) is 0 Å². The molecule has 2 aromatic carbocycles. The number of hydrogen-bond acceptors (Lipinski definition) is 5. The van der Waals surface area contributed by atoms with Crippen molar-refractivity contribution in [3.8, 4) is 28.8 Å². The molecule has 0 aliphatic rings. The summed E-state index contributed by atoms with van der Waals surface area (Å²) in [7, 11) is 0. The van der Waals surface area contributed by atoms with E-state index < -0.39 is 11.7 Å². The Labute approximate surface area is 199 Å². The Morgan fingerprint density at radius 3 is 2.65 bits per heavy atom. The molecule has 2 heterocycles. The zero-order valence-corrected chi connectivity index (χ0v) is 19.0. The first-order valence-corrected chi connectivity index (χ1v) is 11.3. The zero-order valence-electron chi connectivity index (χ0n) is 18.2. The molecule has 1 N–H and O–H groups in total. The van der Waals surface area contributed by atoms with Gasteiger partial charge in [-0.05, 0) is 49.4 Å². The number of thiazole rings is 1. The van der Waals surface area contributed by atoms with Crippen molar-refractivity contribution in [2.45, 2.75) is 19.5 Å². The minimum absolute atomic E-state index is 0.0513. The number of nitrogens with zero attached hydrogens (tertiary/aromatic N) is 2. The molecule has 0 saturated carbocycles. The summed E-state index contributed by atoms with van der Waals surface area (Å²) in [5, 5.41) is 5.24. The second kappa shape index (κ2) is 10.4. The topological polar surface area (TPSA) is 47.0 Å². The summed E-state index contributed by atoms with van der Waals surface area (Å²) in [6.45, 7) is 2.04. The van der Waals surface area contributed by atoms with Crippen LogP contribution in [0, 0.1) is 18.8 Å². The van der Waals surface area contributed by atoms with Gasteiger partial charge in [0.05, 0.1) is 17.9 Å². The standard InChI is InChI=1S/C26H20F3N3OS/c1-18-7-9-19(10-8-18)5-2-3-14-33-24-12-11-21(15-22(24)26(27,28)29)31-25-32-23(17-34-25)20-6-4-13-30-16-20/h4,6-13,15-17H,3,14H2,1H3,(H,31,32). The maximum atomic E-state index is 13.7. The lowest BCUT2D eigenvalue weighted by molar-refractivity contribution is -0.138. The minimum Gasteiger partial charge on any atom is -0.492 e. The number of anilines is 2. The van der Waals surface area contributed by atoms with Crippen molar-refractivity contribution in [2.75, 3.05) is 11.9 Å². The van der Waals surface area contributed by atoms with Gasteiger partial charge >= 0.3 is 6.18 Å². The first kappa shape index (κ1) is 23.3. The van der Waals surface area contributed by atoms with Crippen molar-refractivity contribution < 1.29 is 17.9 Å². The number of ether oxygens (including phenoxy) is 1. The maximum absolute atomic E-state index is 13.7. The molecule has 0 saturated heterocycles. The van der Waals surface area contributed by atoms with E-state index in [9.17, 15) is 13.2 Å². The van der Waals surface area contributed by atoms with Gasteiger partial charge in [0.1, 0.15) is 5.75 Å². The molecule has 172 valence electrons. The Morgan fingerprint density at radius 1 is 1.09 bits per heavy atom. The number of pyridine rings is 1. The second-order valence-electron chi connectivity index (χ2n) is 7.38. The second-order valence-corrected chi connectivity index (χ2v) is 8.24. The highest BCUT2D eigenvalue weighted by molar-refractivity contribution is 7.14. The van der Waals surface area contributed by atoms with Crippen molar-refractivity contribution in [2.24, 2.45) is 0 Å². The number of benzene rings is 2. The van der Waals surface area contributed by atoms with Gasteiger partial charge in [0.25, 0.3) is 0 Å². The Balaban J connectivity index is 1.42. The number of alkyl halides is 3. The van der Waals surface area contributed by atoms with E-state index in [0.717, 1.165) is 22.8 Å². The van der Waals surface area contributed by atoms with Crippen LogP contribution in [0.5, 0.6) is 5.75 Å². The van der Waals surface area contributed by atoms with E-state index in [1.165, 1.54) is 23.5 Å². The summed E-state index contributed by atoms with van der Waals surface area (Å²) in [6.07, 6.45) is -0.919. The summed E-state index contributed by atoms with van der Waals surface area (Å²) >= 11 is 1.30. The van der Waals surface area contributed by atoms with E-state index in [1.54, 1.807) is 18.5 Å². The number of halogens is 3. The fourth-order valence-corrected chi connectivity index (χ4v) is 3.81. The minimum atomic E-state index is -4.57. The molecule has 0 unspecified atom stereocenters. The van der Waals surface area contributed by atoms with Crippen molar-refractivity contribution in [1.29, 1.82) is 0 Å². The quantitative estimate of drug-likeness (QED) is 0.237. The third kappa shape index (κ3) is 6.15. The summed E-state index contributed by atoms with van der Waals surface area (Å²) in [5.74, 6) is 5.68. The van der Waals surface area contributed by atoms with Crippen LogP contribution in [-0.4, -0.2) is 16.6 Å². The summed E-state index contributed by atoms with van der Waals surface area (Å²) in [6, 6.07) is 15.3. The molecule has 0 fully saturated rings. The lowest BCUT2D eigenvalue weighted by Gasteiger charge is -2.15. The molecule has 4 aromatic rings. The fourth-order valence-electron chi connectivity index (χ4n) is 3.07. The molecular formula is C26H20F3N3OS. The smallest absolute Gasteiger partial charge is 0.420 e. The van der Waals surface area contributed by atoms with Crippen LogP contribution >= 0.6 is 11.3 Å². The summed E-state index contributed by atoms with van der Waals surface area (Å²) in [5.41, 5.74) is 2.93. The van der Waals surface area contributed by atoms with Crippen LogP contribution < -0.4 is 10.1 Å². The highest BCUT2D eigenvalue weighted by Gasteiger charge is 2.34. The van der Waals surface area contributed by atoms with E-state index in [1.807, 2.05) is 42.6 Å².